The number of rotatable bonds is 2. The van der Waals surface area contributed by atoms with Crippen molar-refractivity contribution in [1.82, 2.24) is 0 Å². The van der Waals surface area contributed by atoms with Crippen molar-refractivity contribution in [1.29, 1.82) is 0 Å². The quantitative estimate of drug-likeness (QED) is 0.871. The van der Waals surface area contributed by atoms with Crippen LogP contribution in [0.25, 0.3) is 5.57 Å². The molecule has 0 saturated heterocycles. The number of hydrogen-bond donors (Lipinski definition) is 1. The van der Waals surface area contributed by atoms with Crippen LogP contribution in [-0.2, 0) is 14.6 Å². The van der Waals surface area contributed by atoms with E-state index < -0.39 is 21.7 Å². The topological polar surface area (TPSA) is 71.4 Å². The summed E-state index contributed by atoms with van der Waals surface area (Å²) in [6, 6.07) is 5.02. The molecule has 0 aliphatic carbocycles. The zero-order chi connectivity index (χ0) is 12.8. The lowest BCUT2D eigenvalue weighted by Gasteiger charge is -2.08. The fourth-order valence-corrected chi connectivity index (χ4v) is 3.50. The van der Waals surface area contributed by atoms with Crippen LogP contribution in [0.2, 0.25) is 0 Å². The van der Waals surface area contributed by atoms with Gasteiger partial charge in [-0.3, -0.25) is 4.79 Å². The monoisotopic (exact) mass is 252 g/mol. The van der Waals surface area contributed by atoms with Gasteiger partial charge < -0.3 is 5.11 Å². The molecule has 1 unspecified atom stereocenters. The average molecular weight is 252 g/mol. The number of hydrogen-bond acceptors (Lipinski definition) is 3. The third-order valence-corrected chi connectivity index (χ3v) is 4.39. The minimum Gasteiger partial charge on any atom is -0.481 e. The molecular formula is C12H12O4S. The third kappa shape index (κ3) is 1.86. The van der Waals surface area contributed by atoms with Gasteiger partial charge in [-0.25, -0.2) is 8.42 Å². The van der Waals surface area contributed by atoms with Crippen LogP contribution in [0.4, 0.5) is 0 Å². The van der Waals surface area contributed by atoms with Crippen LogP contribution in [0.3, 0.4) is 0 Å². The van der Waals surface area contributed by atoms with E-state index in [9.17, 15) is 13.2 Å². The van der Waals surface area contributed by atoms with Gasteiger partial charge in [-0.15, -0.1) is 0 Å². The van der Waals surface area contributed by atoms with Crippen molar-refractivity contribution in [2.24, 2.45) is 5.92 Å². The number of carbonyl (C=O) groups is 1. The number of aliphatic carboxylic acids is 1. The van der Waals surface area contributed by atoms with Crippen molar-refractivity contribution in [3.05, 3.63) is 34.7 Å². The second-order valence-corrected chi connectivity index (χ2v) is 5.94. The number of carboxylic acids is 1. The first-order valence-corrected chi connectivity index (χ1v) is 6.68. The molecule has 0 aromatic heterocycles. The highest BCUT2D eigenvalue weighted by Crippen LogP contribution is 2.38. The Morgan fingerprint density at radius 2 is 2.00 bits per heavy atom. The van der Waals surface area contributed by atoms with Crippen LogP contribution < -0.4 is 0 Å². The van der Waals surface area contributed by atoms with E-state index in [1.54, 1.807) is 25.1 Å². The second kappa shape index (κ2) is 3.70. The summed E-state index contributed by atoms with van der Waals surface area (Å²) in [5.74, 6) is -1.85. The van der Waals surface area contributed by atoms with Crippen molar-refractivity contribution in [3.8, 4) is 0 Å². The molecule has 1 aromatic rings. The SMILES string of the molecule is Cc1ccc2c(c1)S(=O)(=O)C=C2C(C)C(=O)O. The first-order chi connectivity index (χ1) is 7.83. The maximum absolute atomic E-state index is 11.9. The Bertz CT molecular complexity index is 626. The van der Waals surface area contributed by atoms with Gasteiger partial charge in [0, 0.05) is 5.41 Å². The first kappa shape index (κ1) is 11.9. The van der Waals surface area contributed by atoms with E-state index in [0.717, 1.165) is 11.0 Å². The maximum atomic E-state index is 11.9. The van der Waals surface area contributed by atoms with Crippen molar-refractivity contribution in [2.75, 3.05) is 0 Å². The summed E-state index contributed by atoms with van der Waals surface area (Å²) in [6.07, 6.45) is 0. The third-order valence-electron chi connectivity index (χ3n) is 2.87. The molecule has 0 spiro atoms. The summed E-state index contributed by atoms with van der Waals surface area (Å²) in [4.78, 5) is 11.1. The predicted molar refractivity (Wildman–Crippen MR) is 63.1 cm³/mol. The van der Waals surface area contributed by atoms with E-state index in [4.69, 9.17) is 5.11 Å². The normalized spacial score (nSPS) is 18.4. The van der Waals surface area contributed by atoms with Crippen molar-refractivity contribution < 1.29 is 18.3 Å². The molecule has 1 N–H and O–H groups in total. The Morgan fingerprint density at radius 3 is 2.59 bits per heavy atom. The lowest BCUT2D eigenvalue weighted by molar-refractivity contribution is -0.139. The summed E-state index contributed by atoms with van der Waals surface area (Å²) in [7, 11) is -3.48. The van der Waals surface area contributed by atoms with E-state index >= 15 is 0 Å². The van der Waals surface area contributed by atoms with Gasteiger partial charge in [-0.1, -0.05) is 12.1 Å². The number of carboxylic acid groups (broad SMARTS) is 1. The fraction of sp³-hybridized carbons (Fsp3) is 0.250. The van der Waals surface area contributed by atoms with Gasteiger partial charge in [-0.05, 0) is 36.6 Å². The number of sulfone groups is 1. The molecule has 0 fully saturated rings. The fourth-order valence-electron chi connectivity index (χ4n) is 1.87. The average Bonchev–Trinajstić information content (AvgIpc) is 2.50. The largest absolute Gasteiger partial charge is 0.481 e. The second-order valence-electron chi connectivity index (χ2n) is 4.18. The molecule has 0 radical (unpaired) electrons. The van der Waals surface area contributed by atoms with Gasteiger partial charge in [0.05, 0.1) is 10.8 Å². The van der Waals surface area contributed by atoms with Crippen LogP contribution >= 0.6 is 0 Å². The molecule has 0 amide bonds. The standard InChI is InChI=1S/C12H12O4S/c1-7-3-4-9-10(8(2)12(13)14)6-17(15,16)11(9)5-7/h3-6,8H,1-2H3,(H,13,14). The molecule has 1 aromatic carbocycles. The van der Waals surface area contributed by atoms with E-state index in [1.165, 1.54) is 6.92 Å². The number of fused-ring (bicyclic) bond motifs is 1. The minimum atomic E-state index is -3.48. The van der Waals surface area contributed by atoms with Gasteiger partial charge in [0.15, 0.2) is 0 Å². The highest BCUT2D eigenvalue weighted by atomic mass is 32.2. The van der Waals surface area contributed by atoms with Crippen LogP contribution in [0.1, 0.15) is 18.1 Å². The minimum absolute atomic E-state index is 0.209. The van der Waals surface area contributed by atoms with Crippen LogP contribution in [-0.4, -0.2) is 19.5 Å². The van der Waals surface area contributed by atoms with Crippen LogP contribution in [0, 0.1) is 12.8 Å². The van der Waals surface area contributed by atoms with Gasteiger partial charge in [0.25, 0.3) is 0 Å². The Kier molecular flexibility index (Phi) is 2.58. The lowest BCUT2D eigenvalue weighted by Crippen LogP contribution is -2.10. The Labute approximate surface area is 99.5 Å². The summed E-state index contributed by atoms with van der Waals surface area (Å²) in [6.45, 7) is 3.28. The molecule has 17 heavy (non-hydrogen) atoms. The van der Waals surface area contributed by atoms with Gasteiger partial charge in [0.1, 0.15) is 0 Å². The van der Waals surface area contributed by atoms with Gasteiger partial charge in [0.2, 0.25) is 9.84 Å². The highest BCUT2D eigenvalue weighted by molar-refractivity contribution is 7.95. The zero-order valence-corrected chi connectivity index (χ0v) is 10.3. The Balaban J connectivity index is 2.66. The molecule has 1 aliphatic heterocycles. The molecule has 90 valence electrons. The summed E-state index contributed by atoms with van der Waals surface area (Å²) >= 11 is 0. The van der Waals surface area contributed by atoms with Crippen molar-refractivity contribution in [3.63, 3.8) is 0 Å². The van der Waals surface area contributed by atoms with E-state index in [-0.39, 0.29) is 4.90 Å². The number of aryl methyl sites for hydroxylation is 1. The summed E-state index contributed by atoms with van der Waals surface area (Å²) in [5, 5.41) is 10.0. The van der Waals surface area contributed by atoms with E-state index in [1.807, 2.05) is 0 Å². The van der Waals surface area contributed by atoms with Gasteiger partial charge in [-0.2, -0.15) is 0 Å². The van der Waals surface area contributed by atoms with Crippen molar-refractivity contribution >= 4 is 21.4 Å². The van der Waals surface area contributed by atoms with Crippen molar-refractivity contribution in [2.45, 2.75) is 18.7 Å². The first-order valence-electron chi connectivity index (χ1n) is 5.13. The molecular weight excluding hydrogens is 240 g/mol. The molecule has 1 atom stereocenters. The van der Waals surface area contributed by atoms with E-state index in [0.29, 0.717) is 11.1 Å². The molecule has 5 heteroatoms. The zero-order valence-electron chi connectivity index (χ0n) is 9.47. The molecule has 4 nitrogen and oxygen atoms in total. The summed E-state index contributed by atoms with van der Waals surface area (Å²) in [5.41, 5.74) is 1.70. The molecule has 2 rings (SSSR count). The van der Waals surface area contributed by atoms with Crippen LogP contribution in [0.15, 0.2) is 28.5 Å². The molecule has 0 saturated carbocycles. The predicted octanol–water partition coefficient (Wildman–Crippen LogP) is 1.84. The van der Waals surface area contributed by atoms with Crippen LogP contribution in [0.5, 0.6) is 0 Å². The highest BCUT2D eigenvalue weighted by Gasteiger charge is 2.31. The Morgan fingerprint density at radius 1 is 1.35 bits per heavy atom. The molecule has 0 bridgehead atoms. The lowest BCUT2D eigenvalue weighted by atomic mass is 9.95. The Hall–Kier alpha value is -1.62. The van der Waals surface area contributed by atoms with Gasteiger partial charge >= 0.3 is 5.97 Å². The molecule has 1 aliphatic rings. The number of benzene rings is 1. The molecule has 1 heterocycles. The maximum Gasteiger partial charge on any atom is 0.310 e. The smallest absolute Gasteiger partial charge is 0.310 e. The summed E-state index contributed by atoms with van der Waals surface area (Å²) < 4.78 is 23.7. The van der Waals surface area contributed by atoms with E-state index in [2.05, 4.69) is 0 Å².